The van der Waals surface area contributed by atoms with Crippen LogP contribution in [0.1, 0.15) is 24.3 Å². The smallest absolute Gasteiger partial charge is 0.193 e. The Hall–Kier alpha value is -1.10. The maximum atomic E-state index is 13.5. The lowest BCUT2D eigenvalue weighted by Gasteiger charge is -2.25. The molecule has 1 heterocycles. The largest absolute Gasteiger partial charge is 0.353 e. The molecule has 19 heavy (non-hydrogen) atoms. The number of aliphatic imine (C=N–C) groups is 1. The Balaban J connectivity index is 1.64. The maximum absolute atomic E-state index is 13.5. The van der Waals surface area contributed by atoms with Crippen LogP contribution in [0.15, 0.2) is 27.7 Å². The fourth-order valence-corrected chi connectivity index (χ4v) is 2.75. The fraction of sp³-hybridized carbons (Fsp3) is 0.500. The predicted octanol–water partition coefficient (Wildman–Crippen LogP) is 2.73. The summed E-state index contributed by atoms with van der Waals surface area (Å²) < 4.78 is 14.0. The van der Waals surface area contributed by atoms with Gasteiger partial charge in [-0.3, -0.25) is 4.99 Å². The van der Waals surface area contributed by atoms with Crippen LogP contribution in [0.3, 0.4) is 0 Å². The first kappa shape index (κ1) is 12.9. The Bertz CT molecular complexity index is 517. The van der Waals surface area contributed by atoms with Gasteiger partial charge in [0.2, 0.25) is 0 Å². The molecule has 1 aliphatic carbocycles. The van der Waals surface area contributed by atoms with E-state index < -0.39 is 0 Å². The minimum absolute atomic E-state index is 0.185. The van der Waals surface area contributed by atoms with Crippen molar-refractivity contribution in [3.8, 4) is 0 Å². The van der Waals surface area contributed by atoms with Crippen LogP contribution in [0.25, 0.3) is 0 Å². The van der Waals surface area contributed by atoms with E-state index in [-0.39, 0.29) is 5.82 Å². The highest BCUT2D eigenvalue weighted by Crippen LogP contribution is 2.41. The molecule has 1 N–H and O–H groups in total. The van der Waals surface area contributed by atoms with Crippen molar-refractivity contribution in [2.75, 3.05) is 20.1 Å². The topological polar surface area (TPSA) is 27.6 Å². The van der Waals surface area contributed by atoms with Crippen molar-refractivity contribution < 1.29 is 4.39 Å². The number of halogens is 2. The summed E-state index contributed by atoms with van der Waals surface area (Å²) in [5, 5.41) is 3.47. The molecule has 0 radical (unpaired) electrons. The van der Waals surface area contributed by atoms with E-state index in [0.717, 1.165) is 37.5 Å². The molecule has 1 aliphatic heterocycles. The monoisotopic (exact) mass is 325 g/mol. The Kier molecular flexibility index (Phi) is 3.48. The number of rotatable bonds is 2. The average Bonchev–Trinajstić information content (AvgIpc) is 3.15. The van der Waals surface area contributed by atoms with Gasteiger partial charge < -0.3 is 10.2 Å². The molecule has 2 aliphatic rings. The zero-order chi connectivity index (χ0) is 13.4. The highest BCUT2D eigenvalue weighted by molar-refractivity contribution is 9.10. The van der Waals surface area contributed by atoms with Crippen LogP contribution in [-0.2, 0) is 0 Å². The quantitative estimate of drug-likeness (QED) is 0.905. The second-order valence-corrected chi connectivity index (χ2v) is 6.10. The van der Waals surface area contributed by atoms with Crippen molar-refractivity contribution in [2.45, 2.75) is 24.8 Å². The van der Waals surface area contributed by atoms with Gasteiger partial charge in [-0.05, 0) is 46.5 Å². The number of benzene rings is 1. The second-order valence-electron chi connectivity index (χ2n) is 5.25. The van der Waals surface area contributed by atoms with Gasteiger partial charge in [-0.25, -0.2) is 4.39 Å². The lowest BCUT2D eigenvalue weighted by atomic mass is 10.1. The van der Waals surface area contributed by atoms with Gasteiger partial charge in [0.1, 0.15) is 5.82 Å². The second kappa shape index (κ2) is 5.12. The summed E-state index contributed by atoms with van der Waals surface area (Å²) in [6.07, 6.45) is 2.17. The van der Waals surface area contributed by atoms with Crippen LogP contribution in [-0.4, -0.2) is 37.0 Å². The summed E-state index contributed by atoms with van der Waals surface area (Å²) >= 11 is 3.19. The van der Waals surface area contributed by atoms with Crippen molar-refractivity contribution in [1.29, 1.82) is 0 Å². The van der Waals surface area contributed by atoms with Crippen molar-refractivity contribution >= 4 is 21.9 Å². The van der Waals surface area contributed by atoms with E-state index in [0.29, 0.717) is 16.4 Å². The SMILES string of the molecule is CN1CCCN=C1N[C@@H]1C[C@H]1c1ccc(Br)c(F)c1. The van der Waals surface area contributed by atoms with Crippen LogP contribution in [0.5, 0.6) is 0 Å². The number of hydrogen-bond acceptors (Lipinski definition) is 3. The fourth-order valence-electron chi connectivity index (χ4n) is 2.51. The Morgan fingerprint density at radius 2 is 2.32 bits per heavy atom. The van der Waals surface area contributed by atoms with Gasteiger partial charge >= 0.3 is 0 Å². The Morgan fingerprint density at radius 3 is 3.05 bits per heavy atom. The zero-order valence-electron chi connectivity index (χ0n) is 10.9. The van der Waals surface area contributed by atoms with E-state index in [2.05, 4.69) is 38.2 Å². The molecule has 1 aromatic rings. The molecule has 0 saturated heterocycles. The molecule has 0 unspecified atom stereocenters. The Labute approximate surface area is 121 Å². The minimum atomic E-state index is -0.185. The van der Waals surface area contributed by atoms with Gasteiger partial charge in [-0.2, -0.15) is 0 Å². The summed E-state index contributed by atoms with van der Waals surface area (Å²) in [6.45, 7) is 1.95. The molecule has 0 aromatic heterocycles. The highest BCUT2D eigenvalue weighted by atomic mass is 79.9. The molecule has 102 valence electrons. The summed E-state index contributed by atoms with van der Waals surface area (Å²) in [7, 11) is 2.06. The summed E-state index contributed by atoms with van der Waals surface area (Å²) in [5.74, 6) is 1.20. The normalized spacial score (nSPS) is 26.1. The number of nitrogens with one attached hydrogen (secondary N) is 1. The first-order chi connectivity index (χ1) is 9.15. The molecule has 1 saturated carbocycles. The first-order valence-corrected chi connectivity index (χ1v) is 7.41. The molecule has 2 atom stereocenters. The predicted molar refractivity (Wildman–Crippen MR) is 77.9 cm³/mol. The highest BCUT2D eigenvalue weighted by Gasteiger charge is 2.39. The number of nitrogens with zero attached hydrogens (tertiary/aromatic N) is 2. The van der Waals surface area contributed by atoms with E-state index in [9.17, 15) is 4.39 Å². The third-order valence-corrected chi connectivity index (χ3v) is 4.39. The molecule has 5 heteroatoms. The van der Waals surface area contributed by atoms with Crippen molar-refractivity contribution in [3.63, 3.8) is 0 Å². The summed E-state index contributed by atoms with van der Waals surface area (Å²) in [5.41, 5.74) is 1.07. The van der Waals surface area contributed by atoms with Gasteiger partial charge in [0.15, 0.2) is 5.96 Å². The molecular formula is C14H17BrFN3. The molecule has 3 rings (SSSR count). The molecule has 0 bridgehead atoms. The van der Waals surface area contributed by atoms with Crippen LogP contribution >= 0.6 is 15.9 Å². The average molecular weight is 326 g/mol. The zero-order valence-corrected chi connectivity index (χ0v) is 12.5. The van der Waals surface area contributed by atoms with Crippen molar-refractivity contribution in [3.05, 3.63) is 34.1 Å². The van der Waals surface area contributed by atoms with Crippen molar-refractivity contribution in [2.24, 2.45) is 4.99 Å². The third-order valence-electron chi connectivity index (χ3n) is 3.75. The standard InChI is InChI=1S/C14H17BrFN3/c1-19-6-2-5-17-14(19)18-13-8-10(13)9-3-4-11(15)12(16)7-9/h3-4,7,10,13H,2,5-6,8H2,1H3,(H,17,18)/t10-,13+/m0/s1. The number of hydrogen-bond donors (Lipinski definition) is 1. The Morgan fingerprint density at radius 1 is 1.47 bits per heavy atom. The molecule has 1 aromatic carbocycles. The molecule has 1 fully saturated rings. The maximum Gasteiger partial charge on any atom is 0.193 e. The van der Waals surface area contributed by atoms with Crippen LogP contribution < -0.4 is 5.32 Å². The van der Waals surface area contributed by atoms with E-state index in [1.54, 1.807) is 12.1 Å². The lowest BCUT2D eigenvalue weighted by molar-refractivity contribution is 0.445. The molecular weight excluding hydrogens is 309 g/mol. The van der Waals surface area contributed by atoms with Gasteiger partial charge in [0.25, 0.3) is 0 Å². The van der Waals surface area contributed by atoms with E-state index in [1.165, 1.54) is 0 Å². The van der Waals surface area contributed by atoms with Crippen LogP contribution in [0.2, 0.25) is 0 Å². The lowest BCUT2D eigenvalue weighted by Crippen LogP contribution is -2.43. The van der Waals surface area contributed by atoms with Crippen molar-refractivity contribution in [1.82, 2.24) is 10.2 Å². The van der Waals surface area contributed by atoms with E-state index >= 15 is 0 Å². The van der Waals surface area contributed by atoms with Gasteiger partial charge in [-0.1, -0.05) is 6.07 Å². The number of guanidine groups is 1. The summed E-state index contributed by atoms with van der Waals surface area (Å²) in [6, 6.07) is 5.79. The minimum Gasteiger partial charge on any atom is -0.353 e. The van der Waals surface area contributed by atoms with Crippen LogP contribution in [0, 0.1) is 5.82 Å². The molecule has 0 spiro atoms. The third kappa shape index (κ3) is 2.76. The first-order valence-electron chi connectivity index (χ1n) is 6.62. The van der Waals surface area contributed by atoms with Crippen LogP contribution in [0.4, 0.5) is 4.39 Å². The van der Waals surface area contributed by atoms with E-state index in [1.807, 2.05) is 6.07 Å². The molecule has 0 amide bonds. The molecule has 3 nitrogen and oxygen atoms in total. The van der Waals surface area contributed by atoms with Gasteiger partial charge in [0.05, 0.1) is 4.47 Å². The van der Waals surface area contributed by atoms with E-state index in [4.69, 9.17) is 0 Å². The van der Waals surface area contributed by atoms with Gasteiger partial charge in [0, 0.05) is 32.1 Å². The summed E-state index contributed by atoms with van der Waals surface area (Å²) in [4.78, 5) is 6.65. The van der Waals surface area contributed by atoms with Gasteiger partial charge in [-0.15, -0.1) is 0 Å².